The lowest BCUT2D eigenvalue weighted by atomic mass is 9.86. The lowest BCUT2D eigenvalue weighted by Crippen LogP contribution is -2.45. The molecular weight excluding hydrogens is 440 g/mol. The Morgan fingerprint density at radius 3 is 2.73 bits per heavy atom. The lowest BCUT2D eigenvalue weighted by Gasteiger charge is -2.30. The number of likely N-dealkylation sites (tertiary alicyclic amines) is 1. The number of hydrogen-bond acceptors (Lipinski definition) is 6. The van der Waals surface area contributed by atoms with Crippen molar-refractivity contribution in [1.29, 1.82) is 5.26 Å². The number of pyridine rings is 1. The Labute approximate surface area is 193 Å². The van der Waals surface area contributed by atoms with Crippen LogP contribution in [0.25, 0.3) is 0 Å². The van der Waals surface area contributed by atoms with Crippen LogP contribution >= 0.6 is 0 Å². The molecule has 1 aliphatic carbocycles. The molecule has 1 aromatic carbocycles. The molecule has 33 heavy (non-hydrogen) atoms. The number of benzene rings is 1. The van der Waals surface area contributed by atoms with E-state index in [4.69, 9.17) is 5.26 Å². The van der Waals surface area contributed by atoms with Crippen molar-refractivity contribution in [3.8, 4) is 6.07 Å². The number of nitrogens with one attached hydrogen (secondary N) is 1. The third-order valence-electron chi connectivity index (χ3n) is 6.38. The molecule has 2 fully saturated rings. The molecule has 8 nitrogen and oxygen atoms in total. The number of sulfone groups is 1. The predicted octanol–water partition coefficient (Wildman–Crippen LogP) is 2.39. The molecule has 4 rings (SSSR count). The van der Waals surface area contributed by atoms with Crippen molar-refractivity contribution in [2.45, 2.75) is 55.3 Å². The van der Waals surface area contributed by atoms with Gasteiger partial charge in [0.25, 0.3) is 5.91 Å². The Hall–Kier alpha value is -3.25. The van der Waals surface area contributed by atoms with Crippen molar-refractivity contribution in [3.05, 3.63) is 59.4 Å². The van der Waals surface area contributed by atoms with Gasteiger partial charge in [0, 0.05) is 36.5 Å². The number of rotatable bonds is 6. The van der Waals surface area contributed by atoms with Gasteiger partial charge < -0.3 is 10.2 Å². The summed E-state index contributed by atoms with van der Waals surface area (Å²) in [5, 5.41) is 11.2. The summed E-state index contributed by atoms with van der Waals surface area (Å²) in [6.07, 6.45) is 3.61. The molecule has 1 saturated carbocycles. The van der Waals surface area contributed by atoms with Gasteiger partial charge >= 0.3 is 0 Å². The maximum atomic E-state index is 13.2. The minimum Gasteiger partial charge on any atom is -0.350 e. The van der Waals surface area contributed by atoms with Crippen LogP contribution in [-0.2, 0) is 21.2 Å². The van der Waals surface area contributed by atoms with E-state index in [9.17, 15) is 18.0 Å². The Bertz CT molecular complexity index is 1200. The standard InChI is InChI=1S/C24H26N4O4S/c1-16-7-8-17(14-26-16)15-27-23(29)22-6-3-9-28(22)24(30)19-4-2-5-20(12-19)33(31,32)21-10-18(11-21)13-25/h2,4-5,7-8,12,14,18,21-22H,3,6,9-11,15H2,1H3,(H,27,29)/t18?,21?,22-/m1/s1. The van der Waals surface area contributed by atoms with Gasteiger partial charge in [0.1, 0.15) is 6.04 Å². The molecule has 2 heterocycles. The summed E-state index contributed by atoms with van der Waals surface area (Å²) in [5.74, 6) is -0.818. The Balaban J connectivity index is 1.44. The largest absolute Gasteiger partial charge is 0.350 e. The van der Waals surface area contributed by atoms with E-state index in [2.05, 4.69) is 16.4 Å². The number of aryl methyl sites for hydroxylation is 1. The van der Waals surface area contributed by atoms with E-state index < -0.39 is 21.1 Å². The van der Waals surface area contributed by atoms with E-state index in [1.807, 2.05) is 19.1 Å². The highest BCUT2D eigenvalue weighted by molar-refractivity contribution is 7.92. The van der Waals surface area contributed by atoms with Crippen molar-refractivity contribution < 1.29 is 18.0 Å². The minimum absolute atomic E-state index is 0.0850. The first-order chi connectivity index (χ1) is 15.8. The lowest BCUT2D eigenvalue weighted by molar-refractivity contribution is -0.125. The quantitative estimate of drug-likeness (QED) is 0.698. The molecule has 0 bridgehead atoms. The second-order valence-corrected chi connectivity index (χ2v) is 10.9. The fourth-order valence-electron chi connectivity index (χ4n) is 4.28. The van der Waals surface area contributed by atoms with E-state index in [1.165, 1.54) is 17.0 Å². The van der Waals surface area contributed by atoms with Crippen LogP contribution in [0.15, 0.2) is 47.5 Å². The molecule has 2 aromatic rings. The Morgan fingerprint density at radius 1 is 1.24 bits per heavy atom. The van der Waals surface area contributed by atoms with Gasteiger partial charge in [-0.1, -0.05) is 12.1 Å². The monoisotopic (exact) mass is 466 g/mol. The maximum Gasteiger partial charge on any atom is 0.254 e. The minimum atomic E-state index is -3.60. The van der Waals surface area contributed by atoms with Crippen molar-refractivity contribution >= 4 is 21.7 Å². The van der Waals surface area contributed by atoms with E-state index in [-0.39, 0.29) is 28.2 Å². The molecule has 2 aliphatic rings. The van der Waals surface area contributed by atoms with Gasteiger partial charge in [-0.25, -0.2) is 8.42 Å². The SMILES string of the molecule is Cc1ccc(CNC(=O)[C@H]2CCCN2C(=O)c2cccc(S(=O)(=O)C3CC(C#N)C3)c2)cn1. The smallest absolute Gasteiger partial charge is 0.254 e. The van der Waals surface area contributed by atoms with Crippen LogP contribution in [-0.4, -0.2) is 48.0 Å². The molecule has 0 unspecified atom stereocenters. The third-order valence-corrected chi connectivity index (χ3v) is 8.55. The highest BCUT2D eigenvalue weighted by Crippen LogP contribution is 2.36. The van der Waals surface area contributed by atoms with Crippen LogP contribution in [0.5, 0.6) is 0 Å². The van der Waals surface area contributed by atoms with Crippen molar-refractivity contribution in [1.82, 2.24) is 15.2 Å². The number of carbonyl (C=O) groups is 2. The molecule has 1 aromatic heterocycles. The van der Waals surface area contributed by atoms with Gasteiger partial charge in [-0.05, 0) is 62.4 Å². The zero-order valence-electron chi connectivity index (χ0n) is 18.4. The van der Waals surface area contributed by atoms with Gasteiger partial charge in [-0.15, -0.1) is 0 Å². The van der Waals surface area contributed by atoms with Crippen LogP contribution < -0.4 is 5.32 Å². The van der Waals surface area contributed by atoms with Crippen LogP contribution in [0.1, 0.15) is 47.3 Å². The summed E-state index contributed by atoms with van der Waals surface area (Å²) < 4.78 is 25.8. The fourth-order valence-corrected chi connectivity index (χ4v) is 6.20. The summed E-state index contributed by atoms with van der Waals surface area (Å²) in [7, 11) is -3.60. The fraction of sp³-hybridized carbons (Fsp3) is 0.417. The molecule has 1 saturated heterocycles. The first-order valence-corrected chi connectivity index (χ1v) is 12.6. The Morgan fingerprint density at radius 2 is 2.03 bits per heavy atom. The summed E-state index contributed by atoms with van der Waals surface area (Å²) >= 11 is 0. The molecule has 172 valence electrons. The van der Waals surface area contributed by atoms with Crippen LogP contribution in [0.3, 0.4) is 0 Å². The molecule has 9 heteroatoms. The zero-order valence-corrected chi connectivity index (χ0v) is 19.2. The van der Waals surface area contributed by atoms with Crippen molar-refractivity contribution in [3.63, 3.8) is 0 Å². The second kappa shape index (κ2) is 9.32. The number of nitrogens with zero attached hydrogens (tertiary/aromatic N) is 3. The maximum absolute atomic E-state index is 13.2. The van der Waals surface area contributed by atoms with Crippen LogP contribution in [0.2, 0.25) is 0 Å². The molecule has 1 atom stereocenters. The third kappa shape index (κ3) is 4.76. The van der Waals surface area contributed by atoms with Gasteiger partial charge in [0.15, 0.2) is 9.84 Å². The highest BCUT2D eigenvalue weighted by Gasteiger charge is 2.40. The first-order valence-electron chi connectivity index (χ1n) is 11.0. The zero-order chi connectivity index (χ0) is 23.6. The molecule has 2 amide bonds. The van der Waals surface area contributed by atoms with Gasteiger partial charge in [-0.2, -0.15) is 5.26 Å². The number of carbonyl (C=O) groups excluding carboxylic acids is 2. The number of hydrogen-bond donors (Lipinski definition) is 1. The van der Waals surface area contributed by atoms with Crippen LogP contribution in [0.4, 0.5) is 0 Å². The molecule has 0 radical (unpaired) electrons. The summed E-state index contributed by atoms with van der Waals surface area (Å²) in [6.45, 7) is 2.65. The van der Waals surface area contributed by atoms with E-state index in [1.54, 1.807) is 18.3 Å². The molecule has 1 N–H and O–H groups in total. The van der Waals surface area contributed by atoms with Gasteiger partial charge in [0.05, 0.1) is 16.2 Å². The van der Waals surface area contributed by atoms with E-state index in [0.29, 0.717) is 38.8 Å². The van der Waals surface area contributed by atoms with Gasteiger partial charge in [0.2, 0.25) is 5.91 Å². The number of aromatic nitrogens is 1. The molecule has 0 spiro atoms. The summed E-state index contributed by atoms with van der Waals surface area (Å²) in [4.78, 5) is 31.8. The second-order valence-electron chi connectivity index (χ2n) is 8.67. The average molecular weight is 467 g/mol. The van der Waals surface area contributed by atoms with Crippen molar-refractivity contribution in [2.24, 2.45) is 5.92 Å². The predicted molar refractivity (Wildman–Crippen MR) is 121 cm³/mol. The van der Waals surface area contributed by atoms with Crippen LogP contribution in [0, 0.1) is 24.2 Å². The topological polar surface area (TPSA) is 120 Å². The first kappa shape index (κ1) is 22.9. The van der Waals surface area contributed by atoms with Gasteiger partial charge in [-0.3, -0.25) is 14.6 Å². The normalized spacial score (nSPS) is 22.3. The van der Waals surface area contributed by atoms with Crippen molar-refractivity contribution in [2.75, 3.05) is 6.54 Å². The number of amides is 2. The Kier molecular flexibility index (Phi) is 6.47. The molecular formula is C24H26N4O4S. The summed E-state index contributed by atoms with van der Waals surface area (Å²) in [6, 6.07) is 11.3. The van der Waals surface area contributed by atoms with E-state index in [0.717, 1.165) is 11.3 Å². The number of nitriles is 1. The molecule has 1 aliphatic heterocycles. The highest BCUT2D eigenvalue weighted by atomic mass is 32.2. The average Bonchev–Trinajstić information content (AvgIpc) is 3.27. The van der Waals surface area contributed by atoms with E-state index >= 15 is 0 Å². The summed E-state index contributed by atoms with van der Waals surface area (Å²) in [5.41, 5.74) is 2.01.